The smallest absolute Gasteiger partial charge is 0.268 e. The fraction of sp³-hybridized carbons (Fsp3) is 0.130. The molecule has 4 aromatic rings. The number of anilines is 1. The van der Waals surface area contributed by atoms with Gasteiger partial charge in [-0.3, -0.25) is 10.1 Å². The number of amides is 1. The van der Waals surface area contributed by atoms with Crippen LogP contribution in [-0.4, -0.2) is 28.5 Å². The predicted octanol–water partition coefficient (Wildman–Crippen LogP) is 5.73. The van der Waals surface area contributed by atoms with Gasteiger partial charge >= 0.3 is 0 Å². The molecule has 0 unspecified atom stereocenters. The second-order valence-electron chi connectivity index (χ2n) is 6.53. The van der Waals surface area contributed by atoms with E-state index in [0.29, 0.717) is 38.4 Å². The Balaban J connectivity index is 1.26. The Morgan fingerprint density at radius 2 is 2.03 bits per heavy atom. The summed E-state index contributed by atoms with van der Waals surface area (Å²) in [5.41, 5.74) is -0.0994. The highest BCUT2D eigenvalue weighted by atomic mass is 32.2. The molecule has 1 aromatic carbocycles. The summed E-state index contributed by atoms with van der Waals surface area (Å²) in [5, 5.41) is 21.0. The lowest BCUT2D eigenvalue weighted by Gasteiger charge is -2.03. The van der Waals surface area contributed by atoms with Crippen LogP contribution in [0.5, 0.6) is 5.75 Å². The third-order valence-electron chi connectivity index (χ3n) is 4.14. The molecule has 0 saturated carbocycles. The Morgan fingerprint density at radius 1 is 1.15 bits per heavy atom. The van der Waals surface area contributed by atoms with Crippen LogP contribution in [0.15, 0.2) is 84.7 Å². The minimum absolute atomic E-state index is 0.0994. The molecule has 4 rings (SSSR count). The van der Waals surface area contributed by atoms with Crippen LogP contribution >= 0.6 is 34.9 Å². The third-order valence-corrected chi connectivity index (χ3v) is 7.01. The van der Waals surface area contributed by atoms with Gasteiger partial charge in [0.1, 0.15) is 28.9 Å². The van der Waals surface area contributed by atoms with Crippen LogP contribution in [0, 0.1) is 11.3 Å². The van der Waals surface area contributed by atoms with Crippen molar-refractivity contribution in [2.45, 2.75) is 15.2 Å². The fourth-order valence-corrected chi connectivity index (χ4v) is 5.01. The number of aromatic nitrogens is 2. The molecule has 0 bridgehead atoms. The summed E-state index contributed by atoms with van der Waals surface area (Å²) in [7, 11) is 0. The summed E-state index contributed by atoms with van der Waals surface area (Å²) in [6.07, 6.45) is 3.01. The summed E-state index contributed by atoms with van der Waals surface area (Å²) in [4.78, 5) is 12.5. The Bertz CT molecular complexity index is 1280. The number of carbonyl (C=O) groups is 1. The molecule has 0 aliphatic heterocycles. The van der Waals surface area contributed by atoms with E-state index in [1.165, 1.54) is 40.9 Å². The molecule has 0 aliphatic carbocycles. The zero-order valence-corrected chi connectivity index (χ0v) is 20.1. The van der Waals surface area contributed by atoms with Crippen LogP contribution in [0.25, 0.3) is 6.08 Å². The van der Waals surface area contributed by atoms with Crippen molar-refractivity contribution in [3.8, 4) is 11.8 Å². The first kappa shape index (κ1) is 23.7. The Hall–Kier alpha value is -3.46. The molecule has 3 aromatic heterocycles. The summed E-state index contributed by atoms with van der Waals surface area (Å²) >= 11 is 4.16. The first-order valence-corrected chi connectivity index (χ1v) is 12.8. The van der Waals surface area contributed by atoms with Crippen LogP contribution in [0.4, 0.5) is 5.13 Å². The lowest BCUT2D eigenvalue weighted by atomic mass is 10.2. The van der Waals surface area contributed by atoms with E-state index in [-0.39, 0.29) is 5.57 Å². The van der Waals surface area contributed by atoms with Crippen LogP contribution in [0.1, 0.15) is 11.5 Å². The van der Waals surface area contributed by atoms with Gasteiger partial charge in [0.05, 0.1) is 18.6 Å². The van der Waals surface area contributed by atoms with Crippen molar-refractivity contribution in [2.75, 3.05) is 17.7 Å². The van der Waals surface area contributed by atoms with Gasteiger partial charge in [0.2, 0.25) is 5.13 Å². The van der Waals surface area contributed by atoms with E-state index in [4.69, 9.17) is 13.6 Å². The molecule has 3 heterocycles. The van der Waals surface area contributed by atoms with Gasteiger partial charge in [0, 0.05) is 11.8 Å². The quantitative estimate of drug-likeness (QED) is 0.0887. The molecule has 0 spiro atoms. The minimum atomic E-state index is -0.580. The molecule has 172 valence electrons. The Labute approximate surface area is 208 Å². The van der Waals surface area contributed by atoms with E-state index in [9.17, 15) is 10.1 Å². The normalized spacial score (nSPS) is 11.2. The average molecular weight is 511 g/mol. The number of nitriles is 1. The maximum absolute atomic E-state index is 12.5. The first-order valence-electron chi connectivity index (χ1n) is 10.0. The fourth-order valence-electron chi connectivity index (χ4n) is 2.61. The van der Waals surface area contributed by atoms with Gasteiger partial charge in [0.25, 0.3) is 5.91 Å². The van der Waals surface area contributed by atoms with Crippen molar-refractivity contribution in [3.63, 3.8) is 0 Å². The highest BCUT2D eigenvalue weighted by Gasteiger charge is 2.14. The number of carbonyl (C=O) groups excluding carboxylic acids is 1. The van der Waals surface area contributed by atoms with E-state index in [0.717, 1.165) is 11.5 Å². The van der Waals surface area contributed by atoms with Crippen molar-refractivity contribution in [1.82, 2.24) is 10.2 Å². The summed E-state index contributed by atoms with van der Waals surface area (Å²) < 4.78 is 17.3. The number of rotatable bonds is 11. The van der Waals surface area contributed by atoms with Crippen LogP contribution in [0.3, 0.4) is 0 Å². The predicted molar refractivity (Wildman–Crippen MR) is 132 cm³/mol. The summed E-state index contributed by atoms with van der Waals surface area (Å²) in [6.45, 7) is 0.516. The van der Waals surface area contributed by atoms with Crippen molar-refractivity contribution in [1.29, 1.82) is 5.26 Å². The van der Waals surface area contributed by atoms with Gasteiger partial charge in [-0.2, -0.15) is 5.26 Å². The zero-order chi connectivity index (χ0) is 23.6. The number of nitrogens with zero attached hydrogens (tertiary/aromatic N) is 3. The summed E-state index contributed by atoms with van der Waals surface area (Å²) in [5.74, 6) is 2.76. The highest BCUT2D eigenvalue weighted by molar-refractivity contribution is 8.01. The minimum Gasteiger partial charge on any atom is -0.493 e. The van der Waals surface area contributed by atoms with E-state index in [1.54, 1.807) is 18.4 Å². The number of benzene rings is 1. The van der Waals surface area contributed by atoms with Gasteiger partial charge in [-0.1, -0.05) is 53.1 Å². The Morgan fingerprint density at radius 3 is 2.82 bits per heavy atom. The lowest BCUT2D eigenvalue weighted by molar-refractivity contribution is -0.112. The average Bonchev–Trinajstić information content (AvgIpc) is 3.62. The third kappa shape index (κ3) is 7.02. The molecule has 1 N–H and O–H groups in total. The molecule has 0 atom stereocenters. The topological polar surface area (TPSA) is 114 Å². The highest BCUT2D eigenvalue weighted by Crippen LogP contribution is 2.27. The zero-order valence-electron chi connectivity index (χ0n) is 17.7. The van der Waals surface area contributed by atoms with E-state index < -0.39 is 5.91 Å². The van der Waals surface area contributed by atoms with Crippen molar-refractivity contribution in [3.05, 3.63) is 78.0 Å². The molecular formula is C23H18N4O4S3. The van der Waals surface area contributed by atoms with Gasteiger partial charge < -0.3 is 13.6 Å². The van der Waals surface area contributed by atoms with Crippen molar-refractivity contribution in [2.24, 2.45) is 0 Å². The molecule has 11 heteroatoms. The molecule has 0 fully saturated rings. The maximum Gasteiger partial charge on any atom is 0.268 e. The van der Waals surface area contributed by atoms with Crippen molar-refractivity contribution < 1.29 is 18.4 Å². The Kier molecular flexibility index (Phi) is 8.45. The molecule has 0 saturated heterocycles. The maximum atomic E-state index is 12.5. The standard InChI is InChI=1S/C23H18N4O4S3/c24-14-16(13-18-8-9-20(31-18)33-15-19-7-4-10-29-19)21(28)25-22-26-27-23(34-22)32-12-11-30-17-5-2-1-3-6-17/h1-10,13H,11-12,15H2,(H,25,26,28)/b16-13-. The van der Waals surface area contributed by atoms with Gasteiger partial charge in [-0.05, 0) is 36.4 Å². The van der Waals surface area contributed by atoms with Gasteiger partial charge in [-0.15, -0.1) is 10.2 Å². The monoisotopic (exact) mass is 510 g/mol. The number of hydrogen-bond acceptors (Lipinski definition) is 10. The van der Waals surface area contributed by atoms with E-state index in [2.05, 4.69) is 15.5 Å². The van der Waals surface area contributed by atoms with Crippen LogP contribution < -0.4 is 10.1 Å². The van der Waals surface area contributed by atoms with Gasteiger partial charge in [-0.25, -0.2) is 0 Å². The van der Waals surface area contributed by atoms with Crippen LogP contribution in [0.2, 0.25) is 0 Å². The number of hydrogen-bond donors (Lipinski definition) is 1. The molecule has 1 amide bonds. The lowest BCUT2D eigenvalue weighted by Crippen LogP contribution is -2.13. The number of thioether (sulfide) groups is 2. The number of para-hydroxylation sites is 1. The number of nitrogens with one attached hydrogen (secondary N) is 1. The number of furan rings is 2. The second-order valence-corrected chi connectivity index (χ2v) is 9.83. The van der Waals surface area contributed by atoms with Gasteiger partial charge in [0.15, 0.2) is 9.43 Å². The van der Waals surface area contributed by atoms with Crippen molar-refractivity contribution >= 4 is 52.0 Å². The SMILES string of the molecule is N#C/C(=C/c1ccc(SCc2ccco2)o1)C(=O)Nc1nnc(SCCOc2ccccc2)s1. The summed E-state index contributed by atoms with van der Waals surface area (Å²) in [6, 6.07) is 18.6. The van der Waals surface area contributed by atoms with E-state index >= 15 is 0 Å². The molecular weight excluding hydrogens is 492 g/mol. The molecule has 0 radical (unpaired) electrons. The second kappa shape index (κ2) is 12.1. The largest absolute Gasteiger partial charge is 0.493 e. The van der Waals surface area contributed by atoms with E-state index in [1.807, 2.05) is 48.5 Å². The first-order chi connectivity index (χ1) is 16.7. The molecule has 8 nitrogen and oxygen atoms in total. The molecule has 34 heavy (non-hydrogen) atoms. The number of ether oxygens (including phenoxy) is 1. The van der Waals surface area contributed by atoms with Crippen LogP contribution in [-0.2, 0) is 10.5 Å². The molecule has 0 aliphatic rings.